The SMILES string of the molecule is COc1ccc(C2=C[C@H](c3ccc(OC(F)F)cc3)NC(=S)N2)cc1. The molecular formula is C18H16F2N2O2S. The van der Waals surface area contributed by atoms with E-state index in [9.17, 15) is 8.78 Å². The summed E-state index contributed by atoms with van der Waals surface area (Å²) in [5, 5.41) is 6.76. The summed E-state index contributed by atoms with van der Waals surface area (Å²) in [5.74, 6) is 0.890. The lowest BCUT2D eigenvalue weighted by Gasteiger charge is -2.26. The average Bonchev–Trinajstić information content (AvgIpc) is 2.61. The normalized spacial score (nSPS) is 16.7. The number of halogens is 2. The van der Waals surface area contributed by atoms with E-state index in [0.29, 0.717) is 5.11 Å². The fourth-order valence-corrected chi connectivity index (χ4v) is 2.76. The van der Waals surface area contributed by atoms with Gasteiger partial charge in [0.1, 0.15) is 11.5 Å². The molecule has 0 bridgehead atoms. The molecule has 1 heterocycles. The van der Waals surface area contributed by atoms with E-state index in [1.165, 1.54) is 12.1 Å². The van der Waals surface area contributed by atoms with Gasteiger partial charge in [-0.2, -0.15) is 8.78 Å². The second-order valence-corrected chi connectivity index (χ2v) is 5.74. The molecule has 3 rings (SSSR count). The summed E-state index contributed by atoms with van der Waals surface area (Å²) >= 11 is 5.28. The van der Waals surface area contributed by atoms with Crippen molar-refractivity contribution in [1.29, 1.82) is 0 Å². The molecule has 0 saturated heterocycles. The van der Waals surface area contributed by atoms with Crippen molar-refractivity contribution >= 4 is 23.0 Å². The molecule has 0 amide bonds. The van der Waals surface area contributed by atoms with E-state index in [1.54, 1.807) is 19.2 Å². The highest BCUT2D eigenvalue weighted by Crippen LogP contribution is 2.26. The Balaban J connectivity index is 1.84. The fraction of sp³-hybridized carbons (Fsp3) is 0.167. The van der Waals surface area contributed by atoms with Crippen LogP contribution in [0.25, 0.3) is 5.70 Å². The van der Waals surface area contributed by atoms with Crippen LogP contribution in [0.1, 0.15) is 17.2 Å². The zero-order valence-electron chi connectivity index (χ0n) is 13.3. The molecule has 4 nitrogen and oxygen atoms in total. The third kappa shape index (κ3) is 4.24. The minimum atomic E-state index is -2.84. The van der Waals surface area contributed by atoms with E-state index < -0.39 is 6.61 Å². The van der Waals surface area contributed by atoms with Crippen molar-refractivity contribution < 1.29 is 18.3 Å². The van der Waals surface area contributed by atoms with Gasteiger partial charge in [0.15, 0.2) is 5.11 Å². The molecule has 2 N–H and O–H groups in total. The van der Waals surface area contributed by atoms with Gasteiger partial charge in [-0.15, -0.1) is 0 Å². The van der Waals surface area contributed by atoms with Gasteiger partial charge in [-0.25, -0.2) is 0 Å². The summed E-state index contributed by atoms with van der Waals surface area (Å²) in [4.78, 5) is 0. The number of nitrogens with one attached hydrogen (secondary N) is 2. The van der Waals surface area contributed by atoms with Gasteiger partial charge in [0.05, 0.1) is 13.2 Å². The zero-order chi connectivity index (χ0) is 17.8. The number of ether oxygens (including phenoxy) is 2. The topological polar surface area (TPSA) is 42.5 Å². The third-order valence-electron chi connectivity index (χ3n) is 3.73. The van der Waals surface area contributed by atoms with E-state index >= 15 is 0 Å². The third-order valence-corrected chi connectivity index (χ3v) is 3.95. The molecule has 2 aromatic rings. The average molecular weight is 362 g/mol. The van der Waals surface area contributed by atoms with Crippen molar-refractivity contribution in [3.05, 3.63) is 65.7 Å². The maximum Gasteiger partial charge on any atom is 0.387 e. The molecule has 0 aliphatic carbocycles. The van der Waals surface area contributed by atoms with Gasteiger partial charge < -0.3 is 20.1 Å². The van der Waals surface area contributed by atoms with Crippen LogP contribution in [-0.4, -0.2) is 18.8 Å². The maximum absolute atomic E-state index is 12.2. The molecule has 1 atom stereocenters. The van der Waals surface area contributed by atoms with Gasteiger partial charge in [-0.1, -0.05) is 12.1 Å². The monoisotopic (exact) mass is 362 g/mol. The molecule has 2 aromatic carbocycles. The van der Waals surface area contributed by atoms with E-state index in [1.807, 2.05) is 30.3 Å². The van der Waals surface area contributed by atoms with Crippen LogP contribution in [-0.2, 0) is 0 Å². The Morgan fingerprint density at radius 1 is 1.00 bits per heavy atom. The summed E-state index contributed by atoms with van der Waals surface area (Å²) in [7, 11) is 1.61. The van der Waals surface area contributed by atoms with Crippen molar-refractivity contribution in [2.75, 3.05) is 7.11 Å². The molecule has 0 spiro atoms. The Kier molecular flexibility index (Phi) is 5.14. The Hall–Kier alpha value is -2.67. The van der Waals surface area contributed by atoms with Crippen LogP contribution in [0.15, 0.2) is 54.6 Å². The van der Waals surface area contributed by atoms with Crippen LogP contribution in [0.3, 0.4) is 0 Å². The molecule has 0 aromatic heterocycles. The lowest BCUT2D eigenvalue weighted by Crippen LogP contribution is -2.40. The summed E-state index contributed by atoms with van der Waals surface area (Å²) in [5.41, 5.74) is 2.72. The zero-order valence-corrected chi connectivity index (χ0v) is 14.1. The summed E-state index contributed by atoms with van der Waals surface area (Å²) in [6.07, 6.45) is 1.99. The second-order valence-electron chi connectivity index (χ2n) is 5.33. The first-order valence-electron chi connectivity index (χ1n) is 7.53. The van der Waals surface area contributed by atoms with Crippen molar-refractivity contribution in [2.24, 2.45) is 0 Å². The number of rotatable bonds is 5. The van der Waals surface area contributed by atoms with E-state index in [-0.39, 0.29) is 11.8 Å². The second kappa shape index (κ2) is 7.48. The van der Waals surface area contributed by atoms with Crippen molar-refractivity contribution in [1.82, 2.24) is 10.6 Å². The smallest absolute Gasteiger partial charge is 0.387 e. The van der Waals surface area contributed by atoms with Crippen LogP contribution in [0.4, 0.5) is 8.78 Å². The lowest BCUT2D eigenvalue weighted by atomic mass is 10.0. The first-order chi connectivity index (χ1) is 12.0. The van der Waals surface area contributed by atoms with Gasteiger partial charge >= 0.3 is 6.61 Å². The number of benzene rings is 2. The van der Waals surface area contributed by atoms with Crippen LogP contribution < -0.4 is 20.1 Å². The van der Waals surface area contributed by atoms with E-state index in [2.05, 4.69) is 15.4 Å². The molecule has 0 saturated carbocycles. The molecular weight excluding hydrogens is 346 g/mol. The summed E-state index contributed by atoms with van der Waals surface area (Å²) in [6, 6.07) is 13.9. The molecule has 0 fully saturated rings. The lowest BCUT2D eigenvalue weighted by molar-refractivity contribution is -0.0498. The number of alkyl halides is 2. The van der Waals surface area contributed by atoms with Crippen molar-refractivity contribution in [3.63, 3.8) is 0 Å². The Morgan fingerprint density at radius 3 is 2.24 bits per heavy atom. The van der Waals surface area contributed by atoms with E-state index in [0.717, 1.165) is 22.6 Å². The minimum absolute atomic E-state index is 0.120. The minimum Gasteiger partial charge on any atom is -0.497 e. The molecule has 7 heteroatoms. The number of methoxy groups -OCH3 is 1. The molecule has 25 heavy (non-hydrogen) atoms. The Morgan fingerprint density at radius 2 is 1.64 bits per heavy atom. The predicted octanol–water partition coefficient (Wildman–Crippen LogP) is 3.86. The van der Waals surface area contributed by atoms with Crippen LogP contribution in [0.2, 0.25) is 0 Å². The molecule has 0 unspecified atom stereocenters. The van der Waals surface area contributed by atoms with Gasteiger partial charge in [0.25, 0.3) is 0 Å². The first kappa shape index (κ1) is 17.2. The standard InChI is InChI=1S/C18H16F2N2O2S/c1-23-13-6-2-11(3-7-13)15-10-16(22-18(25)21-15)12-4-8-14(9-5-12)24-17(19)20/h2-10,16-17H,1H3,(H2,21,22,25)/t16-/m1/s1. The number of thiocarbonyl (C=S) groups is 1. The highest BCUT2D eigenvalue weighted by atomic mass is 32.1. The van der Waals surface area contributed by atoms with Crippen LogP contribution >= 0.6 is 12.2 Å². The summed E-state index contributed by atoms with van der Waals surface area (Å²) < 4.78 is 34.0. The van der Waals surface area contributed by atoms with Gasteiger partial charge in [-0.3, -0.25) is 0 Å². The maximum atomic E-state index is 12.2. The van der Waals surface area contributed by atoms with Crippen LogP contribution in [0.5, 0.6) is 11.5 Å². The molecule has 130 valence electrons. The molecule has 1 aliphatic rings. The molecule has 0 radical (unpaired) electrons. The van der Waals surface area contributed by atoms with E-state index in [4.69, 9.17) is 17.0 Å². The van der Waals surface area contributed by atoms with Gasteiger partial charge in [0.2, 0.25) is 0 Å². The predicted molar refractivity (Wildman–Crippen MR) is 95.7 cm³/mol. The van der Waals surface area contributed by atoms with Gasteiger partial charge in [0, 0.05) is 5.70 Å². The van der Waals surface area contributed by atoms with Crippen molar-refractivity contribution in [2.45, 2.75) is 12.7 Å². The number of hydrogen-bond acceptors (Lipinski definition) is 3. The highest BCUT2D eigenvalue weighted by molar-refractivity contribution is 7.80. The highest BCUT2D eigenvalue weighted by Gasteiger charge is 2.18. The quantitative estimate of drug-likeness (QED) is 0.791. The largest absolute Gasteiger partial charge is 0.497 e. The van der Waals surface area contributed by atoms with Crippen LogP contribution in [0, 0.1) is 0 Å². The molecule has 1 aliphatic heterocycles. The Labute approximate surface area is 149 Å². The first-order valence-corrected chi connectivity index (χ1v) is 7.94. The fourth-order valence-electron chi connectivity index (χ4n) is 2.52. The number of hydrogen-bond donors (Lipinski definition) is 2. The van der Waals surface area contributed by atoms with Gasteiger partial charge in [-0.05, 0) is 65.8 Å². The Bertz CT molecular complexity index is 777. The summed E-state index contributed by atoms with van der Waals surface area (Å²) in [6.45, 7) is -2.84. The van der Waals surface area contributed by atoms with Crippen molar-refractivity contribution in [3.8, 4) is 11.5 Å².